The average molecular weight is 495 g/mol. The van der Waals surface area contributed by atoms with Gasteiger partial charge in [0.15, 0.2) is 0 Å². The van der Waals surface area contributed by atoms with Crippen LogP contribution in [0.2, 0.25) is 5.02 Å². The van der Waals surface area contributed by atoms with Crippen molar-refractivity contribution in [2.75, 3.05) is 26.2 Å². The summed E-state index contributed by atoms with van der Waals surface area (Å²) >= 11 is 6.52. The van der Waals surface area contributed by atoms with Gasteiger partial charge in [-0.2, -0.15) is 0 Å². The quantitative estimate of drug-likeness (QED) is 0.517. The zero-order valence-corrected chi connectivity index (χ0v) is 20.2. The number of benzene rings is 2. The number of primary amides is 1. The van der Waals surface area contributed by atoms with Crippen molar-refractivity contribution >= 4 is 40.3 Å². The summed E-state index contributed by atoms with van der Waals surface area (Å²) in [6, 6.07) is 14.0. The first-order valence-corrected chi connectivity index (χ1v) is 11.9. The Kier molecular flexibility index (Phi) is 7.33. The minimum atomic E-state index is -0.790. The number of nitrogens with two attached hydrogens (primary N) is 1. The molecule has 4 rings (SSSR count). The lowest BCUT2D eigenvalue weighted by molar-refractivity contribution is -0.137. The molecule has 3 aromatic rings. The monoisotopic (exact) mass is 494 g/mol. The Morgan fingerprint density at radius 2 is 1.80 bits per heavy atom. The lowest BCUT2D eigenvalue weighted by Gasteiger charge is -2.40. The van der Waals surface area contributed by atoms with Crippen molar-refractivity contribution < 1.29 is 19.5 Å². The summed E-state index contributed by atoms with van der Waals surface area (Å²) in [5, 5.41) is 10.1. The largest absolute Gasteiger partial charge is 0.481 e. The highest BCUT2D eigenvalue weighted by Crippen LogP contribution is 2.29. The van der Waals surface area contributed by atoms with Gasteiger partial charge < -0.3 is 15.7 Å². The molecule has 1 aliphatic rings. The minimum Gasteiger partial charge on any atom is -0.481 e. The van der Waals surface area contributed by atoms with Crippen LogP contribution >= 0.6 is 11.6 Å². The Bertz CT molecular complexity index is 1280. The van der Waals surface area contributed by atoms with E-state index in [0.717, 1.165) is 10.9 Å². The second-order valence-electron chi connectivity index (χ2n) is 8.80. The minimum absolute atomic E-state index is 0.0712. The van der Waals surface area contributed by atoms with E-state index in [9.17, 15) is 14.4 Å². The highest BCUT2D eigenvalue weighted by molar-refractivity contribution is 6.35. The highest BCUT2D eigenvalue weighted by Gasteiger charge is 2.27. The van der Waals surface area contributed by atoms with E-state index < -0.39 is 11.9 Å². The van der Waals surface area contributed by atoms with Gasteiger partial charge in [-0.1, -0.05) is 29.8 Å². The van der Waals surface area contributed by atoms with Gasteiger partial charge in [0, 0.05) is 54.2 Å². The predicted molar refractivity (Wildman–Crippen MR) is 135 cm³/mol. The lowest BCUT2D eigenvalue weighted by atomic mass is 10.0. The van der Waals surface area contributed by atoms with Gasteiger partial charge in [-0.3, -0.25) is 19.3 Å². The molecule has 8 nitrogen and oxygen atoms in total. The van der Waals surface area contributed by atoms with Crippen molar-refractivity contribution in [2.45, 2.75) is 25.8 Å². The molecular weight excluding hydrogens is 468 g/mol. The number of fused-ring (bicyclic) bond motifs is 1. The van der Waals surface area contributed by atoms with Crippen LogP contribution in [0.1, 0.15) is 40.5 Å². The highest BCUT2D eigenvalue weighted by atomic mass is 35.5. The van der Waals surface area contributed by atoms with Crippen LogP contribution in [0.15, 0.2) is 48.5 Å². The fourth-order valence-electron chi connectivity index (χ4n) is 4.40. The molecule has 0 radical (unpaired) electrons. The second-order valence-corrected chi connectivity index (χ2v) is 9.20. The van der Waals surface area contributed by atoms with Gasteiger partial charge in [-0.15, -0.1) is 0 Å². The molecular formula is C26H27ClN4O4. The molecule has 1 atom stereocenters. The van der Waals surface area contributed by atoms with Gasteiger partial charge in [0.2, 0.25) is 5.91 Å². The maximum absolute atomic E-state index is 13.3. The number of hydrogen-bond acceptors (Lipinski definition) is 5. The molecule has 0 aliphatic carbocycles. The second kappa shape index (κ2) is 10.4. The molecule has 2 amide bonds. The normalized spacial score (nSPS) is 16.4. The summed E-state index contributed by atoms with van der Waals surface area (Å²) in [5.74, 6) is -1.36. The van der Waals surface area contributed by atoms with Crippen molar-refractivity contribution in [1.82, 2.24) is 14.8 Å². The molecule has 35 heavy (non-hydrogen) atoms. The van der Waals surface area contributed by atoms with E-state index in [1.807, 2.05) is 11.0 Å². The molecule has 182 valence electrons. The SMILES string of the molecule is C[C@@H]1CN(C(=O)c2ccc3c(Cl)cc(-c4ccc(C(N)=O)cc4)nc3c2)CCN1CCCC(=O)O. The number of hydrogen-bond donors (Lipinski definition) is 2. The topological polar surface area (TPSA) is 117 Å². The Hall–Kier alpha value is -3.49. The first kappa shape index (κ1) is 24.6. The van der Waals surface area contributed by atoms with Gasteiger partial charge >= 0.3 is 5.97 Å². The van der Waals surface area contributed by atoms with Crippen molar-refractivity contribution in [1.29, 1.82) is 0 Å². The number of amides is 2. The Labute approximate surface area is 208 Å². The molecule has 1 saturated heterocycles. The van der Waals surface area contributed by atoms with Crippen molar-refractivity contribution in [3.8, 4) is 11.3 Å². The van der Waals surface area contributed by atoms with Crippen LogP contribution in [0.5, 0.6) is 0 Å². The van der Waals surface area contributed by atoms with E-state index in [1.165, 1.54) is 0 Å². The first-order chi connectivity index (χ1) is 16.7. The molecule has 3 N–H and O–H groups in total. The number of pyridine rings is 1. The Morgan fingerprint density at radius 1 is 1.09 bits per heavy atom. The van der Waals surface area contributed by atoms with Gasteiger partial charge in [0.05, 0.1) is 16.2 Å². The number of halogens is 1. The van der Waals surface area contributed by atoms with Crippen LogP contribution in [0.4, 0.5) is 0 Å². The maximum atomic E-state index is 13.3. The number of aromatic nitrogens is 1. The van der Waals surface area contributed by atoms with Gasteiger partial charge in [0.25, 0.3) is 5.91 Å². The molecule has 0 unspecified atom stereocenters. The summed E-state index contributed by atoms with van der Waals surface area (Å²) in [6.07, 6.45) is 0.744. The summed E-state index contributed by atoms with van der Waals surface area (Å²) in [7, 11) is 0. The molecule has 0 spiro atoms. The molecule has 0 saturated carbocycles. The van der Waals surface area contributed by atoms with Crippen LogP contribution in [0, 0.1) is 0 Å². The van der Waals surface area contributed by atoms with Crippen molar-refractivity contribution in [2.24, 2.45) is 5.73 Å². The third-order valence-electron chi connectivity index (χ3n) is 6.36. The smallest absolute Gasteiger partial charge is 0.303 e. The number of rotatable bonds is 7. The van der Waals surface area contributed by atoms with Crippen LogP contribution < -0.4 is 5.73 Å². The van der Waals surface area contributed by atoms with Crippen molar-refractivity contribution in [3.05, 3.63) is 64.7 Å². The predicted octanol–water partition coefficient (Wildman–Crippen LogP) is 3.67. The number of piperazine rings is 1. The van der Waals surface area contributed by atoms with Gasteiger partial charge in [-0.05, 0) is 50.2 Å². The Morgan fingerprint density at radius 3 is 2.46 bits per heavy atom. The third-order valence-corrected chi connectivity index (χ3v) is 6.67. The number of carboxylic acid groups (broad SMARTS) is 1. The first-order valence-electron chi connectivity index (χ1n) is 11.5. The van der Waals surface area contributed by atoms with Crippen LogP contribution in [-0.4, -0.2) is 69.9 Å². The fourth-order valence-corrected chi connectivity index (χ4v) is 4.66. The lowest BCUT2D eigenvalue weighted by Crippen LogP contribution is -2.53. The van der Waals surface area contributed by atoms with Gasteiger partial charge in [-0.25, -0.2) is 4.98 Å². The van der Waals surface area contributed by atoms with E-state index >= 15 is 0 Å². The standard InChI is InChI=1S/C26H27ClN4O4/c1-16-15-31(12-11-30(16)10-2-3-24(32)33)26(35)19-8-9-20-21(27)14-22(29-23(20)13-19)17-4-6-18(7-5-17)25(28)34/h4-9,13-14,16H,2-3,10-12,15H2,1H3,(H2,28,34)(H,32,33)/t16-/m1/s1. The van der Waals surface area contributed by atoms with Crippen LogP contribution in [0.3, 0.4) is 0 Å². The summed E-state index contributed by atoms with van der Waals surface area (Å²) in [5.41, 5.74) is 8.28. The number of carbonyl (C=O) groups is 3. The molecule has 2 aromatic carbocycles. The zero-order chi connectivity index (χ0) is 25.1. The van der Waals surface area contributed by atoms with E-state index in [4.69, 9.17) is 27.4 Å². The van der Waals surface area contributed by atoms with Crippen molar-refractivity contribution in [3.63, 3.8) is 0 Å². The number of nitrogens with zero attached hydrogens (tertiary/aromatic N) is 3. The third kappa shape index (κ3) is 5.61. The molecule has 2 heterocycles. The van der Waals surface area contributed by atoms with Gasteiger partial charge in [0.1, 0.15) is 0 Å². The van der Waals surface area contributed by atoms with E-state index in [2.05, 4.69) is 11.8 Å². The molecule has 1 aliphatic heterocycles. The number of carboxylic acids is 1. The molecule has 1 fully saturated rings. The molecule has 9 heteroatoms. The van der Waals surface area contributed by atoms with E-state index in [0.29, 0.717) is 60.0 Å². The van der Waals surface area contributed by atoms with Crippen LogP contribution in [0.25, 0.3) is 22.2 Å². The fraction of sp³-hybridized carbons (Fsp3) is 0.308. The molecule has 1 aromatic heterocycles. The number of aliphatic carboxylic acids is 1. The average Bonchev–Trinajstić information content (AvgIpc) is 2.84. The van der Waals surface area contributed by atoms with Crippen LogP contribution in [-0.2, 0) is 4.79 Å². The zero-order valence-electron chi connectivity index (χ0n) is 19.4. The summed E-state index contributed by atoms with van der Waals surface area (Å²) in [4.78, 5) is 44.2. The maximum Gasteiger partial charge on any atom is 0.303 e. The molecule has 0 bridgehead atoms. The van der Waals surface area contributed by atoms with E-state index in [-0.39, 0.29) is 18.4 Å². The van der Waals surface area contributed by atoms with E-state index in [1.54, 1.807) is 42.5 Å². The number of carbonyl (C=O) groups excluding carboxylic acids is 2. The Balaban J connectivity index is 1.52. The summed E-state index contributed by atoms with van der Waals surface area (Å²) in [6.45, 7) is 4.61. The summed E-state index contributed by atoms with van der Waals surface area (Å²) < 4.78 is 0.